The van der Waals surface area contributed by atoms with Gasteiger partial charge in [0.1, 0.15) is 6.10 Å². The maximum absolute atomic E-state index is 11.6. The van der Waals surface area contributed by atoms with Gasteiger partial charge >= 0.3 is 0 Å². The molecule has 4 nitrogen and oxygen atoms in total. The van der Waals surface area contributed by atoms with Crippen molar-refractivity contribution in [2.75, 3.05) is 11.1 Å². The Morgan fingerprint density at radius 2 is 2.31 bits per heavy atom. The first-order chi connectivity index (χ1) is 7.49. The van der Waals surface area contributed by atoms with Gasteiger partial charge in [-0.2, -0.15) is 0 Å². The van der Waals surface area contributed by atoms with Crippen molar-refractivity contribution in [2.24, 2.45) is 0 Å². The van der Waals surface area contributed by atoms with Gasteiger partial charge < -0.3 is 15.8 Å². The fourth-order valence-corrected chi connectivity index (χ4v) is 1.96. The Balaban J connectivity index is 2.60. The van der Waals surface area contributed by atoms with Gasteiger partial charge in [0, 0.05) is 5.69 Å². The smallest absolute Gasteiger partial charge is 0.228 e. The van der Waals surface area contributed by atoms with Crippen molar-refractivity contribution >= 4 is 28.9 Å². The van der Waals surface area contributed by atoms with E-state index in [0.717, 1.165) is 5.56 Å². The molecule has 0 fully saturated rings. The van der Waals surface area contributed by atoms with E-state index in [1.54, 1.807) is 6.07 Å². The molecular weight excluding hydrogens is 228 g/mol. The van der Waals surface area contributed by atoms with Gasteiger partial charge in [0.15, 0.2) is 5.75 Å². The van der Waals surface area contributed by atoms with Crippen molar-refractivity contribution in [3.63, 3.8) is 0 Å². The lowest BCUT2D eigenvalue weighted by Crippen LogP contribution is -2.17. The van der Waals surface area contributed by atoms with Crippen LogP contribution in [0.5, 0.6) is 5.75 Å². The van der Waals surface area contributed by atoms with Crippen LogP contribution in [0.2, 0.25) is 5.02 Å². The van der Waals surface area contributed by atoms with Crippen molar-refractivity contribution in [3.8, 4) is 5.75 Å². The van der Waals surface area contributed by atoms with E-state index in [2.05, 4.69) is 5.32 Å². The molecular formula is C11H13ClN2O2. The topological polar surface area (TPSA) is 64.3 Å². The van der Waals surface area contributed by atoms with Crippen molar-refractivity contribution in [2.45, 2.75) is 26.4 Å². The molecule has 1 heterocycles. The number of fused-ring (bicyclic) bond motifs is 1. The van der Waals surface area contributed by atoms with E-state index in [0.29, 0.717) is 28.6 Å². The molecule has 1 atom stereocenters. The monoisotopic (exact) mass is 240 g/mol. The van der Waals surface area contributed by atoms with Crippen LogP contribution in [0.1, 0.15) is 18.9 Å². The number of nitrogens with one attached hydrogen (secondary N) is 1. The normalized spacial score (nSPS) is 19.4. The number of ether oxygens (including phenoxy) is 1. The molecule has 16 heavy (non-hydrogen) atoms. The van der Waals surface area contributed by atoms with E-state index >= 15 is 0 Å². The summed E-state index contributed by atoms with van der Waals surface area (Å²) in [6, 6.07) is 1.64. The predicted octanol–water partition coefficient (Wildman–Crippen LogP) is 2.34. The molecule has 86 valence electrons. The highest BCUT2D eigenvalue weighted by atomic mass is 35.5. The van der Waals surface area contributed by atoms with E-state index in [-0.39, 0.29) is 12.0 Å². The van der Waals surface area contributed by atoms with Crippen molar-refractivity contribution in [3.05, 3.63) is 16.7 Å². The highest BCUT2D eigenvalue weighted by Crippen LogP contribution is 2.41. The largest absolute Gasteiger partial charge is 0.486 e. The number of hydrogen-bond acceptors (Lipinski definition) is 3. The van der Waals surface area contributed by atoms with Crippen LogP contribution in [0.3, 0.4) is 0 Å². The number of anilines is 2. The number of benzene rings is 1. The van der Waals surface area contributed by atoms with Crippen LogP contribution in [-0.2, 0) is 4.79 Å². The predicted molar refractivity (Wildman–Crippen MR) is 63.9 cm³/mol. The summed E-state index contributed by atoms with van der Waals surface area (Å²) in [5.41, 5.74) is 7.69. The summed E-state index contributed by atoms with van der Waals surface area (Å²) < 4.78 is 5.62. The van der Waals surface area contributed by atoms with Gasteiger partial charge in [0.25, 0.3) is 0 Å². The molecule has 1 aliphatic rings. The molecule has 0 saturated carbocycles. The van der Waals surface area contributed by atoms with Gasteiger partial charge in [0.05, 0.1) is 17.1 Å². The Morgan fingerprint density at radius 1 is 1.62 bits per heavy atom. The Kier molecular flexibility index (Phi) is 2.68. The molecule has 0 saturated heterocycles. The van der Waals surface area contributed by atoms with Gasteiger partial charge in [-0.15, -0.1) is 0 Å². The fraction of sp³-hybridized carbons (Fsp3) is 0.364. The molecule has 0 spiro atoms. The molecule has 1 aliphatic heterocycles. The van der Waals surface area contributed by atoms with E-state index in [1.807, 2.05) is 13.8 Å². The summed E-state index contributed by atoms with van der Waals surface area (Å²) in [6.07, 6.45) is 0.117. The molecule has 1 unspecified atom stereocenters. The zero-order valence-electron chi connectivity index (χ0n) is 9.13. The average molecular weight is 241 g/mol. The number of carbonyl (C=O) groups excluding carboxylic acids is 1. The number of nitrogen functional groups attached to an aromatic ring is 1. The third-order valence-electron chi connectivity index (χ3n) is 2.59. The Bertz CT molecular complexity index is 460. The van der Waals surface area contributed by atoms with Crippen LogP contribution in [0.4, 0.5) is 11.4 Å². The number of rotatable bonds is 0. The zero-order valence-corrected chi connectivity index (χ0v) is 9.89. The average Bonchev–Trinajstić information content (AvgIpc) is 2.33. The van der Waals surface area contributed by atoms with E-state index < -0.39 is 0 Å². The summed E-state index contributed by atoms with van der Waals surface area (Å²) in [7, 11) is 0. The van der Waals surface area contributed by atoms with Gasteiger partial charge in [0.2, 0.25) is 5.91 Å². The minimum atomic E-state index is -0.193. The van der Waals surface area contributed by atoms with E-state index in [1.165, 1.54) is 0 Å². The molecule has 1 aromatic rings. The highest BCUT2D eigenvalue weighted by molar-refractivity contribution is 6.33. The molecule has 0 aromatic heterocycles. The first-order valence-corrected chi connectivity index (χ1v) is 5.42. The molecule has 5 heteroatoms. The van der Waals surface area contributed by atoms with Crippen LogP contribution < -0.4 is 15.8 Å². The molecule has 1 aromatic carbocycles. The number of carbonyl (C=O) groups is 1. The molecule has 3 N–H and O–H groups in total. The van der Waals surface area contributed by atoms with Crippen molar-refractivity contribution in [1.29, 1.82) is 0 Å². The second-order valence-electron chi connectivity index (χ2n) is 3.96. The Hall–Kier alpha value is -1.42. The Labute approximate surface area is 98.7 Å². The van der Waals surface area contributed by atoms with Crippen LogP contribution in [0.25, 0.3) is 0 Å². The lowest BCUT2D eigenvalue weighted by molar-refractivity contribution is -0.117. The Morgan fingerprint density at radius 3 is 3.00 bits per heavy atom. The maximum Gasteiger partial charge on any atom is 0.228 e. The third-order valence-corrected chi connectivity index (χ3v) is 2.87. The van der Waals surface area contributed by atoms with Gasteiger partial charge in [-0.3, -0.25) is 4.79 Å². The third kappa shape index (κ3) is 1.80. The molecule has 0 radical (unpaired) electrons. The van der Waals surface area contributed by atoms with Gasteiger partial charge in [-0.1, -0.05) is 11.6 Å². The van der Waals surface area contributed by atoms with Crippen LogP contribution >= 0.6 is 11.6 Å². The zero-order chi connectivity index (χ0) is 11.9. The first-order valence-electron chi connectivity index (χ1n) is 5.04. The summed E-state index contributed by atoms with van der Waals surface area (Å²) >= 11 is 6.05. The fourth-order valence-electron chi connectivity index (χ4n) is 1.70. The minimum absolute atomic E-state index is 0.0870. The summed E-state index contributed by atoms with van der Waals surface area (Å²) in [5.74, 6) is 0.419. The van der Waals surface area contributed by atoms with Crippen LogP contribution in [0, 0.1) is 6.92 Å². The van der Waals surface area contributed by atoms with E-state index in [4.69, 9.17) is 22.1 Å². The van der Waals surface area contributed by atoms with Crippen LogP contribution in [0.15, 0.2) is 6.07 Å². The second-order valence-corrected chi connectivity index (χ2v) is 4.36. The summed E-state index contributed by atoms with van der Waals surface area (Å²) in [4.78, 5) is 11.6. The number of hydrogen-bond donors (Lipinski definition) is 2. The SMILES string of the molecule is Cc1c(N)cc(Cl)c2c1NC(=O)CC(C)O2. The number of nitrogens with two attached hydrogens (primary N) is 1. The number of halogens is 1. The van der Waals surface area contributed by atoms with Gasteiger partial charge in [-0.05, 0) is 25.5 Å². The summed E-state index contributed by atoms with van der Waals surface area (Å²) in [5, 5.41) is 3.20. The van der Waals surface area contributed by atoms with E-state index in [9.17, 15) is 4.79 Å². The summed E-state index contributed by atoms with van der Waals surface area (Å²) in [6.45, 7) is 3.65. The number of amides is 1. The van der Waals surface area contributed by atoms with Crippen molar-refractivity contribution < 1.29 is 9.53 Å². The van der Waals surface area contributed by atoms with Crippen LogP contribution in [-0.4, -0.2) is 12.0 Å². The molecule has 0 aliphatic carbocycles. The second kappa shape index (κ2) is 3.87. The highest BCUT2D eigenvalue weighted by Gasteiger charge is 2.23. The minimum Gasteiger partial charge on any atom is -0.486 e. The first kappa shape index (κ1) is 11.1. The standard InChI is InChI=1S/C11H13ClN2O2/c1-5-3-9(15)14-10-6(2)8(13)4-7(12)11(10)16-5/h4-5H,3,13H2,1-2H3,(H,14,15). The quantitative estimate of drug-likeness (QED) is 0.684. The van der Waals surface area contributed by atoms with Crippen molar-refractivity contribution in [1.82, 2.24) is 0 Å². The molecule has 0 bridgehead atoms. The molecule has 2 rings (SSSR count). The maximum atomic E-state index is 11.6. The lowest BCUT2D eigenvalue weighted by atomic mass is 10.1. The van der Waals surface area contributed by atoms with Gasteiger partial charge in [-0.25, -0.2) is 0 Å². The molecule has 1 amide bonds. The lowest BCUT2D eigenvalue weighted by Gasteiger charge is -2.15.